The second kappa shape index (κ2) is 8.05. The number of carbonyl (C=O) groups is 1. The largest absolute Gasteiger partial charge is 0.388 e. The SMILES string of the molecule is N=C(N)CCCCCCC(N)C(=O)N=O. The van der Waals surface area contributed by atoms with Crippen molar-refractivity contribution in [2.24, 2.45) is 16.6 Å². The minimum atomic E-state index is -0.779. The van der Waals surface area contributed by atoms with Crippen molar-refractivity contribution in [1.82, 2.24) is 0 Å². The van der Waals surface area contributed by atoms with Crippen LogP contribution in [0, 0.1) is 10.3 Å². The lowest BCUT2D eigenvalue weighted by Crippen LogP contribution is -2.28. The van der Waals surface area contributed by atoms with E-state index in [-0.39, 0.29) is 5.84 Å². The van der Waals surface area contributed by atoms with Crippen LogP contribution in [0.4, 0.5) is 0 Å². The quantitative estimate of drug-likeness (QED) is 0.240. The Balaban J connectivity index is 3.34. The normalized spacial score (nSPS) is 12.1. The number of nitroso groups, excluding NO2 is 1. The van der Waals surface area contributed by atoms with Gasteiger partial charge in [-0.15, -0.1) is 4.91 Å². The summed E-state index contributed by atoms with van der Waals surface area (Å²) in [7, 11) is 0. The fourth-order valence-electron chi connectivity index (χ4n) is 1.22. The first-order chi connectivity index (χ1) is 7.07. The van der Waals surface area contributed by atoms with E-state index in [1.807, 2.05) is 0 Å². The highest BCUT2D eigenvalue weighted by Crippen LogP contribution is 2.07. The molecule has 6 nitrogen and oxygen atoms in total. The van der Waals surface area contributed by atoms with Crippen molar-refractivity contribution in [2.75, 3.05) is 0 Å². The van der Waals surface area contributed by atoms with Gasteiger partial charge >= 0.3 is 5.91 Å². The number of amidine groups is 1. The smallest absolute Gasteiger partial charge is 0.302 e. The number of hydrogen-bond donors (Lipinski definition) is 3. The summed E-state index contributed by atoms with van der Waals surface area (Å²) in [6, 6.07) is -0.754. The van der Waals surface area contributed by atoms with Crippen LogP contribution < -0.4 is 11.5 Å². The van der Waals surface area contributed by atoms with Crippen molar-refractivity contribution >= 4 is 11.7 Å². The van der Waals surface area contributed by atoms with Gasteiger partial charge in [0.05, 0.1) is 11.9 Å². The Labute approximate surface area is 88.9 Å². The standard InChI is InChI=1S/C9H18N4O2/c10-7(9(14)13-15)5-3-1-2-4-6-8(11)12/h7H,1-6,10H2,(H3,11,12). The molecule has 0 aromatic rings. The molecule has 0 aromatic carbocycles. The zero-order valence-electron chi connectivity index (χ0n) is 8.74. The summed E-state index contributed by atoms with van der Waals surface area (Å²) < 4.78 is 0. The van der Waals surface area contributed by atoms with Gasteiger partial charge in [-0.05, 0) is 12.8 Å². The van der Waals surface area contributed by atoms with Crippen LogP contribution in [-0.4, -0.2) is 17.8 Å². The second-order valence-electron chi connectivity index (χ2n) is 3.51. The summed E-state index contributed by atoms with van der Waals surface area (Å²) in [4.78, 5) is 20.5. The molecule has 1 amide bonds. The number of unbranched alkanes of at least 4 members (excludes halogenated alkanes) is 3. The lowest BCUT2D eigenvalue weighted by Gasteiger charge is -2.05. The zero-order valence-corrected chi connectivity index (χ0v) is 8.74. The topological polar surface area (TPSA) is 122 Å². The number of rotatable bonds is 8. The van der Waals surface area contributed by atoms with E-state index >= 15 is 0 Å². The summed E-state index contributed by atoms with van der Waals surface area (Å²) in [5.74, 6) is -0.578. The third kappa shape index (κ3) is 7.75. The molecule has 86 valence electrons. The first kappa shape index (κ1) is 13.7. The predicted octanol–water partition coefficient (Wildman–Crippen LogP) is 0.883. The van der Waals surface area contributed by atoms with Crippen molar-refractivity contribution in [3.63, 3.8) is 0 Å². The van der Waals surface area contributed by atoms with E-state index in [0.717, 1.165) is 25.7 Å². The van der Waals surface area contributed by atoms with Crippen LogP contribution in [0.15, 0.2) is 5.18 Å². The van der Waals surface area contributed by atoms with Gasteiger partial charge in [-0.25, -0.2) is 0 Å². The molecule has 0 aliphatic rings. The van der Waals surface area contributed by atoms with Crippen LogP contribution in [-0.2, 0) is 4.79 Å². The van der Waals surface area contributed by atoms with Gasteiger partial charge in [0.2, 0.25) is 0 Å². The molecule has 1 unspecified atom stereocenters. The molecule has 0 aliphatic heterocycles. The Morgan fingerprint density at radius 1 is 1.27 bits per heavy atom. The van der Waals surface area contributed by atoms with Crippen molar-refractivity contribution < 1.29 is 4.79 Å². The molecule has 0 radical (unpaired) electrons. The third-order valence-electron chi connectivity index (χ3n) is 2.12. The summed E-state index contributed by atoms with van der Waals surface area (Å²) in [5, 5.41) is 9.26. The average molecular weight is 214 g/mol. The molecule has 0 spiro atoms. The number of nitrogens with one attached hydrogen (secondary N) is 1. The van der Waals surface area contributed by atoms with E-state index in [1.54, 1.807) is 0 Å². The Morgan fingerprint density at radius 2 is 1.87 bits per heavy atom. The van der Waals surface area contributed by atoms with Crippen LogP contribution in [0.1, 0.15) is 38.5 Å². The number of nitrogens with zero attached hydrogens (tertiary/aromatic N) is 1. The molecule has 0 aliphatic carbocycles. The summed E-state index contributed by atoms with van der Waals surface area (Å²) in [6.07, 6.45) is 4.65. The van der Waals surface area contributed by atoms with E-state index < -0.39 is 11.9 Å². The Bertz CT molecular complexity index is 230. The number of carbonyl (C=O) groups excluding carboxylic acids is 1. The third-order valence-corrected chi connectivity index (χ3v) is 2.12. The zero-order chi connectivity index (χ0) is 11.7. The molecule has 6 heteroatoms. The molecule has 0 heterocycles. The molecule has 0 rings (SSSR count). The lowest BCUT2D eigenvalue weighted by atomic mass is 10.1. The highest BCUT2D eigenvalue weighted by Gasteiger charge is 2.12. The van der Waals surface area contributed by atoms with E-state index in [2.05, 4.69) is 5.18 Å². The number of nitrogens with two attached hydrogens (primary N) is 2. The maximum atomic E-state index is 10.7. The van der Waals surface area contributed by atoms with Gasteiger partial charge in [0.1, 0.15) is 0 Å². The van der Waals surface area contributed by atoms with E-state index in [4.69, 9.17) is 16.9 Å². The summed E-state index contributed by atoms with van der Waals surface area (Å²) in [5.41, 5.74) is 10.6. The number of hydrogen-bond acceptors (Lipinski definition) is 4. The average Bonchev–Trinajstić information content (AvgIpc) is 2.21. The van der Waals surface area contributed by atoms with E-state index in [0.29, 0.717) is 12.8 Å². The van der Waals surface area contributed by atoms with Gasteiger partial charge in [-0.3, -0.25) is 10.2 Å². The summed E-state index contributed by atoms with van der Waals surface area (Å²) >= 11 is 0. The highest BCUT2D eigenvalue weighted by atomic mass is 16.3. The summed E-state index contributed by atoms with van der Waals surface area (Å²) in [6.45, 7) is 0. The molecular weight excluding hydrogens is 196 g/mol. The van der Waals surface area contributed by atoms with Gasteiger partial charge in [-0.1, -0.05) is 19.3 Å². The molecule has 0 aromatic heterocycles. The predicted molar refractivity (Wildman–Crippen MR) is 58.4 cm³/mol. The molecular formula is C9H18N4O2. The van der Waals surface area contributed by atoms with Crippen molar-refractivity contribution in [2.45, 2.75) is 44.6 Å². The molecule has 0 saturated carbocycles. The van der Waals surface area contributed by atoms with Crippen LogP contribution in [0.5, 0.6) is 0 Å². The molecule has 15 heavy (non-hydrogen) atoms. The van der Waals surface area contributed by atoms with Gasteiger partial charge in [-0.2, -0.15) is 0 Å². The van der Waals surface area contributed by atoms with Crippen molar-refractivity contribution in [3.05, 3.63) is 4.91 Å². The Morgan fingerprint density at radius 3 is 2.40 bits per heavy atom. The van der Waals surface area contributed by atoms with Crippen LogP contribution >= 0.6 is 0 Å². The van der Waals surface area contributed by atoms with E-state index in [9.17, 15) is 9.70 Å². The first-order valence-electron chi connectivity index (χ1n) is 5.03. The fourth-order valence-corrected chi connectivity index (χ4v) is 1.22. The molecule has 0 bridgehead atoms. The number of amides is 1. The molecule has 1 atom stereocenters. The lowest BCUT2D eigenvalue weighted by molar-refractivity contribution is -0.119. The first-order valence-corrected chi connectivity index (χ1v) is 5.03. The second-order valence-corrected chi connectivity index (χ2v) is 3.51. The highest BCUT2D eigenvalue weighted by molar-refractivity contribution is 5.81. The fraction of sp³-hybridized carbons (Fsp3) is 0.778. The van der Waals surface area contributed by atoms with E-state index in [1.165, 1.54) is 0 Å². The van der Waals surface area contributed by atoms with Gasteiger partial charge in [0.15, 0.2) is 0 Å². The minimum Gasteiger partial charge on any atom is -0.388 e. The monoisotopic (exact) mass is 214 g/mol. The molecule has 0 fully saturated rings. The van der Waals surface area contributed by atoms with Crippen molar-refractivity contribution in [3.8, 4) is 0 Å². The maximum absolute atomic E-state index is 10.7. The van der Waals surface area contributed by atoms with Gasteiger partial charge < -0.3 is 11.5 Å². The molecule has 0 saturated heterocycles. The van der Waals surface area contributed by atoms with Gasteiger partial charge in [0, 0.05) is 11.6 Å². The van der Waals surface area contributed by atoms with Crippen LogP contribution in [0.3, 0.4) is 0 Å². The van der Waals surface area contributed by atoms with Gasteiger partial charge in [0.25, 0.3) is 0 Å². The Hall–Kier alpha value is -1.30. The van der Waals surface area contributed by atoms with Crippen molar-refractivity contribution in [1.29, 1.82) is 5.41 Å². The minimum absolute atomic E-state index is 0.201. The molecule has 5 N–H and O–H groups in total. The van der Waals surface area contributed by atoms with Crippen LogP contribution in [0.2, 0.25) is 0 Å². The Kier molecular flexibility index (Phi) is 7.35. The van der Waals surface area contributed by atoms with Crippen LogP contribution in [0.25, 0.3) is 0 Å². The maximum Gasteiger partial charge on any atom is 0.302 e.